The summed E-state index contributed by atoms with van der Waals surface area (Å²) in [4.78, 5) is 0. The van der Waals surface area contributed by atoms with Crippen molar-refractivity contribution in [1.29, 1.82) is 0 Å². The largest absolute Gasteiger partial charge is 0.308 e. The lowest BCUT2D eigenvalue weighted by Crippen LogP contribution is -2.16. The molecule has 0 bridgehead atoms. The van der Waals surface area contributed by atoms with Crippen molar-refractivity contribution in [2.75, 3.05) is 0 Å². The molecule has 1 aromatic carbocycles. The summed E-state index contributed by atoms with van der Waals surface area (Å²) in [5.74, 6) is 0.751. The summed E-state index contributed by atoms with van der Waals surface area (Å²) >= 11 is 0. The molecule has 1 aliphatic carbocycles. The molecule has 0 aliphatic heterocycles. The summed E-state index contributed by atoms with van der Waals surface area (Å²) in [5, 5.41) is 17.5. The highest BCUT2D eigenvalue weighted by atomic mass is 15.3. The minimum absolute atomic E-state index is 0.687. The number of nitrogens with zero attached hydrogens (tertiary/aromatic N) is 4. The van der Waals surface area contributed by atoms with Crippen molar-refractivity contribution in [2.24, 2.45) is 0 Å². The van der Waals surface area contributed by atoms with Crippen LogP contribution >= 0.6 is 0 Å². The number of hydrogen-bond acceptors (Lipinski definition) is 4. The van der Waals surface area contributed by atoms with Crippen LogP contribution in [0.1, 0.15) is 18.5 Å². The van der Waals surface area contributed by atoms with E-state index >= 15 is 0 Å². The van der Waals surface area contributed by atoms with Gasteiger partial charge in [0.25, 0.3) is 0 Å². The fourth-order valence-electron chi connectivity index (χ4n) is 2.25. The smallest absolute Gasteiger partial charge is 0.176 e. The normalized spacial score (nSPS) is 14.8. The van der Waals surface area contributed by atoms with E-state index in [1.807, 2.05) is 47.3 Å². The Balaban J connectivity index is 1.61. The molecule has 2 heterocycles. The van der Waals surface area contributed by atoms with E-state index in [1.165, 1.54) is 12.8 Å². The molecule has 0 spiro atoms. The zero-order chi connectivity index (χ0) is 13.4. The van der Waals surface area contributed by atoms with Gasteiger partial charge in [0.2, 0.25) is 0 Å². The van der Waals surface area contributed by atoms with Crippen molar-refractivity contribution < 1.29 is 0 Å². The molecule has 5 heteroatoms. The number of rotatable bonds is 4. The molecule has 3 aromatic rings. The predicted octanol–water partition coefficient (Wildman–Crippen LogP) is 2.07. The van der Waals surface area contributed by atoms with Crippen molar-refractivity contribution in [3.63, 3.8) is 0 Å². The molecule has 5 nitrogen and oxygen atoms in total. The first-order chi connectivity index (χ1) is 9.90. The zero-order valence-electron chi connectivity index (χ0n) is 11.0. The van der Waals surface area contributed by atoms with Gasteiger partial charge in [0.15, 0.2) is 5.82 Å². The lowest BCUT2D eigenvalue weighted by molar-refractivity contribution is 0.662. The zero-order valence-corrected chi connectivity index (χ0v) is 11.0. The van der Waals surface area contributed by atoms with E-state index in [0.29, 0.717) is 6.04 Å². The average Bonchev–Trinajstić information content (AvgIpc) is 3.23. The maximum absolute atomic E-state index is 4.38. The number of benzene rings is 1. The highest BCUT2D eigenvalue weighted by Crippen LogP contribution is 2.19. The number of para-hydroxylation sites is 1. The molecule has 1 aliphatic rings. The summed E-state index contributed by atoms with van der Waals surface area (Å²) in [6, 6.07) is 12.7. The Bertz CT molecular complexity index is 727. The number of fused-ring (bicyclic) bond motifs is 1. The second-order valence-electron chi connectivity index (χ2n) is 5.15. The molecule has 20 heavy (non-hydrogen) atoms. The molecule has 1 fully saturated rings. The fraction of sp³-hybridized carbons (Fsp3) is 0.267. The number of hydrogen-bond donors (Lipinski definition) is 1. The topological polar surface area (TPSA) is 55.6 Å². The van der Waals surface area contributed by atoms with E-state index in [0.717, 1.165) is 29.0 Å². The van der Waals surface area contributed by atoms with Crippen LogP contribution in [0.5, 0.6) is 0 Å². The van der Waals surface area contributed by atoms with E-state index < -0.39 is 0 Å². The Labute approximate surface area is 116 Å². The molecule has 0 amide bonds. The molecule has 4 rings (SSSR count). The number of nitrogens with one attached hydrogen (secondary N) is 1. The molecule has 0 saturated heterocycles. The fourth-order valence-corrected chi connectivity index (χ4v) is 2.25. The lowest BCUT2D eigenvalue weighted by atomic mass is 10.2. The van der Waals surface area contributed by atoms with Crippen molar-refractivity contribution >= 4 is 10.9 Å². The SMILES string of the molecule is c1ccc2c(c1)cnn2-c1ccc(CNC2CC2)nn1. The van der Waals surface area contributed by atoms with Crippen molar-refractivity contribution in [3.05, 3.63) is 48.3 Å². The van der Waals surface area contributed by atoms with E-state index in [2.05, 4.69) is 20.6 Å². The van der Waals surface area contributed by atoms with E-state index in [4.69, 9.17) is 0 Å². The minimum atomic E-state index is 0.687. The summed E-state index contributed by atoms with van der Waals surface area (Å²) in [6.07, 6.45) is 4.41. The Morgan fingerprint density at radius 3 is 2.80 bits per heavy atom. The van der Waals surface area contributed by atoms with Crippen LogP contribution in [-0.4, -0.2) is 26.0 Å². The van der Waals surface area contributed by atoms with Gasteiger partial charge in [-0.25, -0.2) is 4.68 Å². The summed E-state index contributed by atoms with van der Waals surface area (Å²) < 4.78 is 1.82. The van der Waals surface area contributed by atoms with Gasteiger partial charge in [0.1, 0.15) is 0 Å². The lowest BCUT2D eigenvalue weighted by Gasteiger charge is -2.04. The molecule has 0 radical (unpaired) electrons. The predicted molar refractivity (Wildman–Crippen MR) is 76.5 cm³/mol. The van der Waals surface area contributed by atoms with E-state index in [9.17, 15) is 0 Å². The van der Waals surface area contributed by atoms with Gasteiger partial charge < -0.3 is 5.32 Å². The Kier molecular flexibility index (Phi) is 2.70. The van der Waals surface area contributed by atoms with Gasteiger partial charge in [-0.1, -0.05) is 18.2 Å². The highest BCUT2D eigenvalue weighted by molar-refractivity contribution is 5.79. The van der Waals surface area contributed by atoms with Gasteiger partial charge in [-0.2, -0.15) is 10.2 Å². The third-order valence-corrected chi connectivity index (χ3v) is 3.55. The van der Waals surface area contributed by atoms with Crippen molar-refractivity contribution in [2.45, 2.75) is 25.4 Å². The van der Waals surface area contributed by atoms with Gasteiger partial charge in [-0.15, -0.1) is 5.10 Å². The maximum atomic E-state index is 4.38. The first-order valence-electron chi connectivity index (χ1n) is 6.89. The minimum Gasteiger partial charge on any atom is -0.308 e. The first-order valence-corrected chi connectivity index (χ1v) is 6.89. The van der Waals surface area contributed by atoms with Crippen LogP contribution in [0.3, 0.4) is 0 Å². The molecule has 2 aromatic heterocycles. The van der Waals surface area contributed by atoms with Gasteiger partial charge in [-0.05, 0) is 31.0 Å². The van der Waals surface area contributed by atoms with Gasteiger partial charge in [0.05, 0.1) is 17.4 Å². The summed E-state index contributed by atoms with van der Waals surface area (Å²) in [6.45, 7) is 0.789. The van der Waals surface area contributed by atoms with Crippen LogP contribution in [0.15, 0.2) is 42.6 Å². The van der Waals surface area contributed by atoms with Crippen LogP contribution < -0.4 is 5.32 Å². The van der Waals surface area contributed by atoms with Crippen LogP contribution in [-0.2, 0) is 6.54 Å². The Morgan fingerprint density at radius 1 is 1.10 bits per heavy atom. The van der Waals surface area contributed by atoms with Gasteiger partial charge in [0, 0.05) is 18.0 Å². The maximum Gasteiger partial charge on any atom is 0.176 e. The quantitative estimate of drug-likeness (QED) is 0.784. The van der Waals surface area contributed by atoms with Crippen LogP contribution in [0.25, 0.3) is 16.7 Å². The summed E-state index contributed by atoms with van der Waals surface area (Å²) in [5.41, 5.74) is 2.02. The Hall–Kier alpha value is -2.27. The third kappa shape index (κ3) is 2.16. The van der Waals surface area contributed by atoms with Crippen LogP contribution in [0, 0.1) is 0 Å². The molecule has 100 valence electrons. The van der Waals surface area contributed by atoms with Crippen LogP contribution in [0.2, 0.25) is 0 Å². The standard InChI is InChI=1S/C15H15N5/c1-2-4-14-11(3-1)9-17-20(14)15-8-7-13(18-19-15)10-16-12-5-6-12/h1-4,7-9,12,16H,5-6,10H2. The monoisotopic (exact) mass is 265 g/mol. The Morgan fingerprint density at radius 2 is 2.00 bits per heavy atom. The van der Waals surface area contributed by atoms with E-state index in [-0.39, 0.29) is 0 Å². The molecule has 1 N–H and O–H groups in total. The molecular formula is C15H15N5. The average molecular weight is 265 g/mol. The van der Waals surface area contributed by atoms with E-state index in [1.54, 1.807) is 0 Å². The van der Waals surface area contributed by atoms with Crippen molar-refractivity contribution in [3.8, 4) is 5.82 Å². The molecule has 0 unspecified atom stereocenters. The summed E-state index contributed by atoms with van der Waals surface area (Å²) in [7, 11) is 0. The molecule has 1 saturated carbocycles. The van der Waals surface area contributed by atoms with Gasteiger partial charge in [-0.3, -0.25) is 0 Å². The first kappa shape index (κ1) is 11.5. The third-order valence-electron chi connectivity index (χ3n) is 3.55. The second-order valence-corrected chi connectivity index (χ2v) is 5.15. The van der Waals surface area contributed by atoms with Crippen LogP contribution in [0.4, 0.5) is 0 Å². The van der Waals surface area contributed by atoms with Crippen molar-refractivity contribution in [1.82, 2.24) is 25.3 Å². The molecular weight excluding hydrogens is 250 g/mol. The second kappa shape index (κ2) is 4.68. The van der Waals surface area contributed by atoms with Gasteiger partial charge >= 0.3 is 0 Å². The molecule has 0 atom stereocenters. The number of aromatic nitrogens is 4. The highest BCUT2D eigenvalue weighted by Gasteiger charge is 2.20.